The van der Waals surface area contributed by atoms with Crippen LogP contribution in [0.25, 0.3) is 0 Å². The van der Waals surface area contributed by atoms with Gasteiger partial charge in [0.25, 0.3) is 0 Å². The average molecular weight is 434 g/mol. The lowest BCUT2D eigenvalue weighted by molar-refractivity contribution is 0.124. The molecule has 0 radical (unpaired) electrons. The minimum absolute atomic E-state index is 0.244. The summed E-state index contributed by atoms with van der Waals surface area (Å²) in [6.45, 7) is 8.78. The lowest BCUT2D eigenvalue weighted by Gasteiger charge is -2.33. The molecule has 1 heterocycles. The highest BCUT2D eigenvalue weighted by molar-refractivity contribution is 6.60. The first-order valence-corrected chi connectivity index (χ1v) is 12.2. The molecular weight excluding hydrogens is 398 g/mol. The smallest absolute Gasteiger partial charge is 0.502 e. The third-order valence-electron chi connectivity index (χ3n) is 4.91. The first-order valence-electron chi connectivity index (χ1n) is 10.2. The fraction of sp³-hybridized carbons (Fsp3) is 0.455. The van der Waals surface area contributed by atoms with E-state index < -0.39 is 8.80 Å². The molecule has 0 unspecified atom stereocenters. The summed E-state index contributed by atoms with van der Waals surface area (Å²) < 4.78 is 16.7. The number of para-hydroxylation sites is 1. The Balaban J connectivity index is 0.00000101. The van der Waals surface area contributed by atoms with Gasteiger partial charge in [0.15, 0.2) is 0 Å². The zero-order valence-corrected chi connectivity index (χ0v) is 20.2. The summed E-state index contributed by atoms with van der Waals surface area (Å²) in [5.41, 5.74) is 8.05. The number of phenolic OH excluding ortho intramolecular Hbond substituents is 1. The molecule has 2 N–H and O–H groups in total. The maximum Gasteiger partial charge on any atom is 0.502 e. The molecule has 1 aliphatic rings. The molecule has 30 heavy (non-hydrogen) atoms. The van der Waals surface area contributed by atoms with Crippen LogP contribution in [-0.2, 0) is 13.3 Å². The molecular formula is C22H35N3O4Si. The van der Waals surface area contributed by atoms with Crippen LogP contribution >= 0.6 is 0 Å². The quantitative estimate of drug-likeness (QED) is 0.604. The predicted octanol–water partition coefficient (Wildman–Crippen LogP) is 4.87. The minimum atomic E-state index is -2.73. The number of benzene rings is 2. The van der Waals surface area contributed by atoms with Gasteiger partial charge in [-0.2, -0.15) is 5.12 Å². The first kappa shape index (κ1) is 24.0. The SMILES string of the molecule is CCC.CO[Si](CCN1c2ccc(C)cc2NN1c1cccc(C)c1O)(OC)OC. The number of anilines is 3. The number of aryl methyl sites for hydroxylation is 2. The number of fused-ring (bicyclic) bond motifs is 1. The maximum atomic E-state index is 10.6. The number of hydrogen-bond donors (Lipinski definition) is 2. The second-order valence-corrected chi connectivity index (χ2v) is 10.4. The van der Waals surface area contributed by atoms with Gasteiger partial charge in [-0.3, -0.25) is 10.4 Å². The fourth-order valence-electron chi connectivity index (χ4n) is 3.27. The second-order valence-electron chi connectivity index (χ2n) is 7.26. The van der Waals surface area contributed by atoms with E-state index in [1.165, 1.54) is 6.42 Å². The van der Waals surface area contributed by atoms with Gasteiger partial charge in [0.1, 0.15) is 11.4 Å². The van der Waals surface area contributed by atoms with Crippen molar-refractivity contribution >= 4 is 25.9 Å². The largest absolute Gasteiger partial charge is 0.505 e. The van der Waals surface area contributed by atoms with Gasteiger partial charge in [0, 0.05) is 33.9 Å². The summed E-state index contributed by atoms with van der Waals surface area (Å²) in [7, 11) is 2.11. The highest BCUT2D eigenvalue weighted by atomic mass is 28.4. The predicted molar refractivity (Wildman–Crippen MR) is 125 cm³/mol. The zero-order valence-electron chi connectivity index (χ0n) is 19.2. The Hall–Kier alpha value is -2.26. The number of aromatic hydroxyl groups is 1. The second kappa shape index (κ2) is 10.7. The van der Waals surface area contributed by atoms with Gasteiger partial charge in [-0.05, 0) is 43.2 Å². The van der Waals surface area contributed by atoms with Gasteiger partial charge in [0.05, 0.1) is 11.4 Å². The molecule has 2 aromatic rings. The van der Waals surface area contributed by atoms with E-state index >= 15 is 0 Å². The monoisotopic (exact) mass is 433 g/mol. The highest BCUT2D eigenvalue weighted by Crippen LogP contribution is 2.41. The van der Waals surface area contributed by atoms with Crippen LogP contribution in [0.4, 0.5) is 17.1 Å². The van der Waals surface area contributed by atoms with Crippen molar-refractivity contribution in [2.24, 2.45) is 0 Å². The van der Waals surface area contributed by atoms with Crippen LogP contribution in [-0.4, -0.2) is 41.8 Å². The Bertz CT molecular complexity index is 822. The molecule has 0 aromatic heterocycles. The summed E-state index contributed by atoms with van der Waals surface area (Å²) >= 11 is 0. The number of hydrazine groups is 2. The van der Waals surface area contributed by atoms with Crippen molar-refractivity contribution in [3.05, 3.63) is 47.5 Å². The standard InChI is InChI=1S/C19H27N3O4Si.C3H8/c1-14-9-10-17-16(13-14)20-22(18-8-6-7-15(2)19(18)23)21(17)11-12-27(24-3,25-4)26-5;1-3-2/h6-10,13,20,23H,11-12H2,1-5H3;3H2,1-2H3. The number of nitrogens with one attached hydrogen (secondary N) is 1. The van der Waals surface area contributed by atoms with E-state index in [2.05, 4.69) is 49.4 Å². The van der Waals surface area contributed by atoms with Crippen LogP contribution in [0.2, 0.25) is 6.04 Å². The Morgan fingerprint density at radius 2 is 1.60 bits per heavy atom. The van der Waals surface area contributed by atoms with E-state index in [4.69, 9.17) is 13.3 Å². The molecule has 2 aromatic carbocycles. The topological polar surface area (TPSA) is 66.4 Å². The number of hydrogen-bond acceptors (Lipinski definition) is 7. The molecule has 0 spiro atoms. The van der Waals surface area contributed by atoms with Crippen molar-refractivity contribution in [1.82, 2.24) is 0 Å². The molecule has 3 rings (SSSR count). The fourth-order valence-corrected chi connectivity index (χ4v) is 4.87. The molecule has 0 aliphatic carbocycles. The van der Waals surface area contributed by atoms with Crippen LogP contribution in [0.5, 0.6) is 5.75 Å². The molecule has 0 amide bonds. The number of rotatable bonds is 7. The Morgan fingerprint density at radius 3 is 2.20 bits per heavy atom. The maximum absolute atomic E-state index is 10.6. The van der Waals surface area contributed by atoms with Crippen LogP contribution < -0.4 is 15.6 Å². The summed E-state index contributed by atoms with van der Waals surface area (Å²) in [4.78, 5) is 0. The summed E-state index contributed by atoms with van der Waals surface area (Å²) in [6.07, 6.45) is 1.25. The van der Waals surface area contributed by atoms with E-state index in [0.29, 0.717) is 18.3 Å². The highest BCUT2D eigenvalue weighted by Gasteiger charge is 2.40. The van der Waals surface area contributed by atoms with Gasteiger partial charge in [-0.25, -0.2) is 0 Å². The molecule has 7 nitrogen and oxygen atoms in total. The van der Waals surface area contributed by atoms with Crippen molar-refractivity contribution in [2.75, 3.05) is 43.4 Å². The normalized spacial score (nSPS) is 12.9. The van der Waals surface area contributed by atoms with Crippen molar-refractivity contribution in [3.63, 3.8) is 0 Å². The third-order valence-corrected chi connectivity index (χ3v) is 7.61. The minimum Gasteiger partial charge on any atom is -0.505 e. The Morgan fingerprint density at radius 1 is 0.967 bits per heavy atom. The third kappa shape index (κ3) is 5.07. The van der Waals surface area contributed by atoms with E-state index in [1.807, 2.05) is 30.2 Å². The van der Waals surface area contributed by atoms with Gasteiger partial charge < -0.3 is 18.4 Å². The molecule has 0 fully saturated rings. The van der Waals surface area contributed by atoms with Crippen LogP contribution in [0.1, 0.15) is 31.4 Å². The Labute approximate surface area is 181 Å². The molecule has 0 atom stereocenters. The summed E-state index contributed by atoms with van der Waals surface area (Å²) in [5.74, 6) is 0.244. The molecule has 1 aliphatic heterocycles. The number of nitrogens with zero attached hydrogens (tertiary/aromatic N) is 2. The molecule has 0 saturated carbocycles. The Kier molecular flexibility index (Phi) is 8.54. The van der Waals surface area contributed by atoms with Crippen molar-refractivity contribution in [1.29, 1.82) is 0 Å². The number of phenols is 1. The van der Waals surface area contributed by atoms with Gasteiger partial charge >= 0.3 is 8.80 Å². The van der Waals surface area contributed by atoms with Crippen molar-refractivity contribution in [3.8, 4) is 5.75 Å². The summed E-state index contributed by atoms with van der Waals surface area (Å²) in [5, 5.41) is 14.5. The molecule has 166 valence electrons. The van der Waals surface area contributed by atoms with Gasteiger partial charge in [-0.15, -0.1) is 0 Å². The van der Waals surface area contributed by atoms with Gasteiger partial charge in [-0.1, -0.05) is 38.5 Å². The molecule has 8 heteroatoms. The zero-order chi connectivity index (χ0) is 22.3. The van der Waals surface area contributed by atoms with Crippen molar-refractivity contribution < 1.29 is 18.4 Å². The summed E-state index contributed by atoms with van der Waals surface area (Å²) in [6, 6.07) is 12.5. The van der Waals surface area contributed by atoms with E-state index in [9.17, 15) is 5.11 Å². The first-order chi connectivity index (χ1) is 14.4. The molecule has 0 saturated heterocycles. The van der Waals surface area contributed by atoms with Crippen LogP contribution in [0, 0.1) is 13.8 Å². The van der Waals surface area contributed by atoms with E-state index in [-0.39, 0.29) is 5.75 Å². The average Bonchev–Trinajstić information content (AvgIpc) is 3.09. The van der Waals surface area contributed by atoms with Crippen molar-refractivity contribution in [2.45, 2.75) is 40.2 Å². The van der Waals surface area contributed by atoms with E-state index in [1.54, 1.807) is 21.3 Å². The van der Waals surface area contributed by atoms with E-state index in [0.717, 1.165) is 22.5 Å². The van der Waals surface area contributed by atoms with Crippen LogP contribution in [0.3, 0.4) is 0 Å². The van der Waals surface area contributed by atoms with Crippen LogP contribution in [0.15, 0.2) is 36.4 Å². The van der Waals surface area contributed by atoms with Gasteiger partial charge in [0.2, 0.25) is 0 Å². The lowest BCUT2D eigenvalue weighted by atomic mass is 10.2. The lowest BCUT2D eigenvalue weighted by Crippen LogP contribution is -2.49. The molecule has 0 bridgehead atoms.